The first-order valence-corrected chi connectivity index (χ1v) is 12.5. The second-order valence-corrected chi connectivity index (χ2v) is 9.60. The van der Waals surface area contributed by atoms with Crippen molar-refractivity contribution in [3.63, 3.8) is 0 Å². The normalized spacial score (nSPS) is 11.5. The summed E-state index contributed by atoms with van der Waals surface area (Å²) in [5.41, 5.74) is 0.831. The standard InChI is InChI=1S/C25H18F3N5O4S/c1-36-25-21(9-15(26)11-30-25)38(34,35)33-20-8-7-19(27)18(22(20)28)13-37-16-10-17-23(14-5-3-2-4-6-14)31-32-24(17)29-12-16/h2-12,33H,13H2,1H3,(H,29,31,32). The molecule has 5 aromatic rings. The summed E-state index contributed by atoms with van der Waals surface area (Å²) >= 11 is 0. The first kappa shape index (κ1) is 25.0. The third kappa shape index (κ3) is 4.83. The molecule has 2 aromatic carbocycles. The van der Waals surface area contributed by atoms with Crippen LogP contribution in [0.15, 0.2) is 71.9 Å². The van der Waals surface area contributed by atoms with E-state index in [4.69, 9.17) is 9.47 Å². The Balaban J connectivity index is 1.41. The average Bonchev–Trinajstić information content (AvgIpc) is 3.34. The van der Waals surface area contributed by atoms with E-state index in [1.165, 1.54) is 6.20 Å². The predicted molar refractivity (Wildman–Crippen MR) is 132 cm³/mol. The molecule has 5 rings (SSSR count). The summed E-state index contributed by atoms with van der Waals surface area (Å²) < 4.78 is 81.5. The number of rotatable bonds is 8. The Hall–Kier alpha value is -4.65. The van der Waals surface area contributed by atoms with Crippen LogP contribution in [0.5, 0.6) is 11.6 Å². The lowest BCUT2D eigenvalue weighted by Crippen LogP contribution is -2.17. The highest BCUT2D eigenvalue weighted by Crippen LogP contribution is 2.30. The number of ether oxygens (including phenoxy) is 2. The van der Waals surface area contributed by atoms with Crippen LogP contribution in [0.3, 0.4) is 0 Å². The van der Waals surface area contributed by atoms with Gasteiger partial charge in [-0.2, -0.15) is 5.10 Å². The molecule has 38 heavy (non-hydrogen) atoms. The smallest absolute Gasteiger partial charge is 0.267 e. The predicted octanol–water partition coefficient (Wildman–Crippen LogP) is 4.83. The van der Waals surface area contributed by atoms with Crippen molar-refractivity contribution in [2.75, 3.05) is 11.8 Å². The number of hydrogen-bond acceptors (Lipinski definition) is 7. The maximum absolute atomic E-state index is 15.2. The molecule has 0 atom stereocenters. The molecule has 3 heterocycles. The fourth-order valence-electron chi connectivity index (χ4n) is 3.70. The van der Waals surface area contributed by atoms with Crippen LogP contribution < -0.4 is 14.2 Å². The monoisotopic (exact) mass is 541 g/mol. The fraction of sp³-hybridized carbons (Fsp3) is 0.0800. The maximum Gasteiger partial charge on any atom is 0.267 e. The van der Waals surface area contributed by atoms with Gasteiger partial charge in [0.05, 0.1) is 36.1 Å². The van der Waals surface area contributed by atoms with Crippen molar-refractivity contribution in [3.8, 4) is 22.9 Å². The van der Waals surface area contributed by atoms with Crippen molar-refractivity contribution in [2.24, 2.45) is 0 Å². The minimum Gasteiger partial charge on any atom is -0.487 e. The zero-order chi connectivity index (χ0) is 26.9. The minimum atomic E-state index is -4.55. The van der Waals surface area contributed by atoms with E-state index in [-0.39, 0.29) is 5.75 Å². The molecule has 0 aliphatic heterocycles. The van der Waals surface area contributed by atoms with Gasteiger partial charge in [-0.15, -0.1) is 0 Å². The van der Waals surface area contributed by atoms with Gasteiger partial charge >= 0.3 is 0 Å². The summed E-state index contributed by atoms with van der Waals surface area (Å²) in [7, 11) is -3.40. The number of pyridine rings is 2. The van der Waals surface area contributed by atoms with E-state index in [1.54, 1.807) is 6.07 Å². The summed E-state index contributed by atoms with van der Waals surface area (Å²) in [6.45, 7) is -0.580. The first-order valence-electron chi connectivity index (χ1n) is 11.0. The molecule has 13 heteroatoms. The summed E-state index contributed by atoms with van der Waals surface area (Å²) in [6.07, 6.45) is 2.13. The fourth-order valence-corrected chi connectivity index (χ4v) is 4.89. The summed E-state index contributed by atoms with van der Waals surface area (Å²) in [6, 6.07) is 13.4. The number of sulfonamides is 1. The number of halogens is 3. The highest BCUT2D eigenvalue weighted by Gasteiger charge is 2.25. The molecule has 0 saturated carbocycles. The number of nitrogens with one attached hydrogen (secondary N) is 2. The Bertz CT molecular complexity index is 1750. The van der Waals surface area contributed by atoms with Gasteiger partial charge in [-0.05, 0) is 18.2 Å². The molecule has 0 aliphatic carbocycles. The van der Waals surface area contributed by atoms with Crippen LogP contribution >= 0.6 is 0 Å². The molecular weight excluding hydrogens is 523 g/mol. The third-order valence-corrected chi connectivity index (χ3v) is 6.88. The SMILES string of the molecule is COc1ncc(F)cc1S(=O)(=O)Nc1ccc(F)c(COc2cnc3[nH]nc(-c4ccccc4)c3c2)c1F. The summed E-state index contributed by atoms with van der Waals surface area (Å²) in [5.74, 6) is -3.31. The van der Waals surface area contributed by atoms with Gasteiger partial charge in [0, 0.05) is 11.6 Å². The van der Waals surface area contributed by atoms with Crippen LogP contribution in [0.2, 0.25) is 0 Å². The number of aromatic nitrogens is 4. The van der Waals surface area contributed by atoms with Crippen LogP contribution in [0, 0.1) is 17.5 Å². The number of hydrogen-bond donors (Lipinski definition) is 2. The first-order chi connectivity index (χ1) is 18.3. The number of H-pyrrole nitrogens is 1. The molecule has 0 unspecified atom stereocenters. The van der Waals surface area contributed by atoms with Gasteiger partial charge in [0.2, 0.25) is 5.88 Å². The van der Waals surface area contributed by atoms with E-state index in [2.05, 4.69) is 20.2 Å². The Morgan fingerprint density at radius 1 is 1.00 bits per heavy atom. The maximum atomic E-state index is 15.2. The van der Waals surface area contributed by atoms with E-state index in [9.17, 15) is 17.2 Å². The van der Waals surface area contributed by atoms with E-state index < -0.39 is 56.1 Å². The van der Waals surface area contributed by atoms with E-state index >= 15 is 4.39 Å². The quantitative estimate of drug-likeness (QED) is 0.289. The minimum absolute atomic E-state index is 0.205. The van der Waals surface area contributed by atoms with Gasteiger partial charge in [0.1, 0.15) is 29.7 Å². The Morgan fingerprint density at radius 3 is 2.55 bits per heavy atom. The van der Waals surface area contributed by atoms with Gasteiger partial charge in [0.25, 0.3) is 10.0 Å². The summed E-state index contributed by atoms with van der Waals surface area (Å²) in [4.78, 5) is 7.14. The van der Waals surface area contributed by atoms with Crippen LogP contribution in [-0.4, -0.2) is 35.7 Å². The molecule has 0 spiro atoms. The topological polar surface area (TPSA) is 119 Å². The Morgan fingerprint density at radius 2 is 1.79 bits per heavy atom. The highest BCUT2D eigenvalue weighted by atomic mass is 32.2. The molecule has 0 amide bonds. The number of methoxy groups -OCH3 is 1. The molecule has 194 valence electrons. The van der Waals surface area contributed by atoms with Gasteiger partial charge in [-0.25, -0.2) is 31.6 Å². The van der Waals surface area contributed by atoms with Gasteiger partial charge in [-0.1, -0.05) is 30.3 Å². The molecule has 0 fully saturated rings. The van der Waals surface area contributed by atoms with Crippen LogP contribution in [0.1, 0.15) is 5.56 Å². The molecule has 3 aromatic heterocycles. The van der Waals surface area contributed by atoms with Gasteiger partial charge in [-0.3, -0.25) is 9.82 Å². The largest absolute Gasteiger partial charge is 0.487 e. The lowest BCUT2D eigenvalue weighted by Gasteiger charge is -2.14. The number of anilines is 1. The van der Waals surface area contributed by atoms with Gasteiger partial charge < -0.3 is 9.47 Å². The number of nitrogens with zero attached hydrogens (tertiary/aromatic N) is 3. The lowest BCUT2D eigenvalue weighted by molar-refractivity contribution is 0.292. The van der Waals surface area contributed by atoms with Crippen molar-refractivity contribution >= 4 is 26.7 Å². The van der Waals surface area contributed by atoms with Crippen molar-refractivity contribution in [2.45, 2.75) is 11.5 Å². The van der Waals surface area contributed by atoms with Crippen molar-refractivity contribution in [3.05, 3.63) is 90.0 Å². The lowest BCUT2D eigenvalue weighted by atomic mass is 10.1. The number of fused-ring (bicyclic) bond motifs is 1. The van der Waals surface area contributed by atoms with E-state index in [1.807, 2.05) is 35.1 Å². The van der Waals surface area contributed by atoms with E-state index in [0.717, 1.165) is 31.0 Å². The van der Waals surface area contributed by atoms with Crippen molar-refractivity contribution < 1.29 is 31.1 Å². The van der Waals surface area contributed by atoms with Crippen LogP contribution in [0.25, 0.3) is 22.3 Å². The Labute approximate surface area is 214 Å². The molecule has 0 bridgehead atoms. The molecule has 0 saturated heterocycles. The number of benzene rings is 2. The zero-order valence-electron chi connectivity index (χ0n) is 19.6. The second kappa shape index (κ2) is 10.0. The molecule has 0 radical (unpaired) electrons. The number of aromatic amines is 1. The molecule has 0 aliphatic rings. The van der Waals surface area contributed by atoms with E-state index in [0.29, 0.717) is 22.8 Å². The van der Waals surface area contributed by atoms with Crippen molar-refractivity contribution in [1.29, 1.82) is 0 Å². The van der Waals surface area contributed by atoms with Gasteiger partial charge in [0.15, 0.2) is 16.4 Å². The van der Waals surface area contributed by atoms with Crippen molar-refractivity contribution in [1.82, 2.24) is 20.2 Å². The molecule has 9 nitrogen and oxygen atoms in total. The van der Waals surface area contributed by atoms with Crippen LogP contribution in [-0.2, 0) is 16.6 Å². The Kier molecular flexibility index (Phi) is 6.59. The van der Waals surface area contributed by atoms with Crippen LogP contribution in [0.4, 0.5) is 18.9 Å². The zero-order valence-corrected chi connectivity index (χ0v) is 20.4. The second-order valence-electron chi connectivity index (χ2n) is 7.95. The molecular formula is C25H18F3N5O4S. The molecule has 2 N–H and O–H groups in total. The third-order valence-electron chi connectivity index (χ3n) is 5.52. The highest BCUT2D eigenvalue weighted by molar-refractivity contribution is 7.92. The average molecular weight is 542 g/mol. The summed E-state index contributed by atoms with van der Waals surface area (Å²) in [5, 5.41) is 7.73.